The summed E-state index contributed by atoms with van der Waals surface area (Å²) in [5.74, 6) is -1.19. The van der Waals surface area contributed by atoms with Gasteiger partial charge in [-0.1, -0.05) is 41.9 Å². The zero-order valence-electron chi connectivity index (χ0n) is 20.7. The molecule has 4 aromatic rings. The summed E-state index contributed by atoms with van der Waals surface area (Å²) in [5, 5.41) is 14.8. The lowest BCUT2D eigenvalue weighted by Gasteiger charge is -2.27. The van der Waals surface area contributed by atoms with E-state index in [-0.39, 0.29) is 11.8 Å². The van der Waals surface area contributed by atoms with Crippen LogP contribution >= 0.6 is 22.9 Å². The van der Waals surface area contributed by atoms with Gasteiger partial charge in [-0.05, 0) is 58.3 Å². The topological polar surface area (TPSA) is 119 Å². The van der Waals surface area contributed by atoms with Crippen molar-refractivity contribution in [1.29, 1.82) is 0 Å². The van der Waals surface area contributed by atoms with Crippen LogP contribution in [0.1, 0.15) is 30.5 Å². The summed E-state index contributed by atoms with van der Waals surface area (Å²) >= 11 is 7.23. The standard InChI is InChI=1S/C26H25ClN6O4S/c1-32(25(35)22-10-11-23(38-22)26(36)37-2)21(14-17-6-4-3-5-7-17)24(34)28-13-12-18-15-19(27)8-9-20(18)33-16-29-30-31-33/h3-11,15-16,21H,12-14H2,1-2H3,(H,28,34)/t21-/m0/s1. The molecule has 0 aliphatic heterocycles. The number of thiophene rings is 1. The minimum atomic E-state index is -0.785. The number of amides is 2. The van der Waals surface area contributed by atoms with Crippen molar-refractivity contribution in [2.75, 3.05) is 20.7 Å². The van der Waals surface area contributed by atoms with E-state index in [1.165, 1.54) is 29.1 Å². The average Bonchev–Trinajstić information content (AvgIpc) is 3.64. The van der Waals surface area contributed by atoms with E-state index in [0.29, 0.717) is 34.2 Å². The largest absolute Gasteiger partial charge is 0.465 e. The van der Waals surface area contributed by atoms with E-state index in [1.807, 2.05) is 36.4 Å². The number of carbonyl (C=O) groups excluding carboxylic acids is 3. The van der Waals surface area contributed by atoms with Gasteiger partial charge in [0.05, 0.1) is 17.7 Å². The van der Waals surface area contributed by atoms with Gasteiger partial charge in [0, 0.05) is 25.0 Å². The number of likely N-dealkylation sites (N-methyl/N-ethyl adjacent to an activating group) is 1. The molecule has 0 saturated heterocycles. The number of rotatable bonds is 10. The van der Waals surface area contributed by atoms with E-state index in [1.54, 1.807) is 25.2 Å². The first-order chi connectivity index (χ1) is 18.4. The fourth-order valence-corrected chi connectivity index (χ4v) is 5.01. The number of benzene rings is 2. The lowest BCUT2D eigenvalue weighted by Crippen LogP contribution is -2.49. The van der Waals surface area contributed by atoms with Crippen molar-refractivity contribution in [3.05, 3.63) is 92.9 Å². The molecule has 0 aliphatic carbocycles. The molecule has 38 heavy (non-hydrogen) atoms. The van der Waals surface area contributed by atoms with Crippen LogP contribution in [0.15, 0.2) is 67.0 Å². The molecule has 0 unspecified atom stereocenters. The van der Waals surface area contributed by atoms with Gasteiger partial charge in [-0.15, -0.1) is 16.4 Å². The van der Waals surface area contributed by atoms with Gasteiger partial charge in [-0.3, -0.25) is 9.59 Å². The second-order valence-corrected chi connectivity index (χ2v) is 9.87. The van der Waals surface area contributed by atoms with Crippen molar-refractivity contribution in [2.45, 2.75) is 18.9 Å². The number of methoxy groups -OCH3 is 1. The van der Waals surface area contributed by atoms with Crippen LogP contribution < -0.4 is 5.32 Å². The maximum atomic E-state index is 13.4. The predicted molar refractivity (Wildman–Crippen MR) is 143 cm³/mol. The molecule has 0 saturated carbocycles. The van der Waals surface area contributed by atoms with Crippen LogP contribution in [0, 0.1) is 0 Å². The van der Waals surface area contributed by atoms with Crippen LogP contribution in [0.2, 0.25) is 5.02 Å². The molecule has 0 fully saturated rings. The second kappa shape index (κ2) is 12.4. The molecule has 2 aromatic heterocycles. The molecule has 2 heterocycles. The fraction of sp³-hybridized carbons (Fsp3) is 0.231. The molecule has 2 amide bonds. The number of aromatic nitrogens is 4. The van der Waals surface area contributed by atoms with E-state index in [4.69, 9.17) is 16.3 Å². The Morgan fingerprint density at radius 2 is 1.87 bits per heavy atom. The van der Waals surface area contributed by atoms with E-state index in [2.05, 4.69) is 20.8 Å². The van der Waals surface area contributed by atoms with Gasteiger partial charge < -0.3 is 15.0 Å². The Hall–Kier alpha value is -4.09. The number of hydrogen-bond donors (Lipinski definition) is 1. The van der Waals surface area contributed by atoms with Gasteiger partial charge >= 0.3 is 5.97 Å². The number of esters is 1. The summed E-state index contributed by atoms with van der Waals surface area (Å²) in [4.78, 5) is 40.6. The Balaban J connectivity index is 1.49. The number of halogens is 1. The van der Waals surface area contributed by atoms with Crippen LogP contribution in [-0.4, -0.2) is 69.6 Å². The van der Waals surface area contributed by atoms with Crippen molar-refractivity contribution < 1.29 is 19.1 Å². The second-order valence-electron chi connectivity index (χ2n) is 8.35. The lowest BCUT2D eigenvalue weighted by molar-refractivity contribution is -0.125. The van der Waals surface area contributed by atoms with Crippen LogP contribution in [0.4, 0.5) is 0 Å². The van der Waals surface area contributed by atoms with E-state index < -0.39 is 12.0 Å². The highest BCUT2D eigenvalue weighted by atomic mass is 35.5. The number of nitrogens with zero attached hydrogens (tertiary/aromatic N) is 5. The summed E-state index contributed by atoms with van der Waals surface area (Å²) in [5.41, 5.74) is 2.51. The first-order valence-corrected chi connectivity index (χ1v) is 12.9. The summed E-state index contributed by atoms with van der Waals surface area (Å²) in [7, 11) is 2.87. The van der Waals surface area contributed by atoms with Crippen LogP contribution in [-0.2, 0) is 22.4 Å². The van der Waals surface area contributed by atoms with Crippen molar-refractivity contribution in [1.82, 2.24) is 30.4 Å². The van der Waals surface area contributed by atoms with Crippen molar-refractivity contribution in [2.24, 2.45) is 0 Å². The number of carbonyl (C=O) groups is 3. The van der Waals surface area contributed by atoms with Gasteiger partial charge in [0.15, 0.2) is 0 Å². The quantitative estimate of drug-likeness (QED) is 0.300. The van der Waals surface area contributed by atoms with Crippen molar-refractivity contribution in [3.63, 3.8) is 0 Å². The Kier molecular flexibility index (Phi) is 8.82. The molecule has 0 radical (unpaired) electrons. The average molecular weight is 553 g/mol. The Labute approximate surface area is 228 Å². The molecule has 0 bridgehead atoms. The Morgan fingerprint density at radius 1 is 1.11 bits per heavy atom. The van der Waals surface area contributed by atoms with E-state index in [9.17, 15) is 14.4 Å². The predicted octanol–water partition coefficient (Wildman–Crippen LogP) is 3.21. The van der Waals surface area contributed by atoms with Crippen molar-refractivity contribution in [3.8, 4) is 5.69 Å². The highest BCUT2D eigenvalue weighted by molar-refractivity contribution is 7.15. The molecule has 196 valence electrons. The summed E-state index contributed by atoms with van der Waals surface area (Å²) < 4.78 is 6.27. The fourth-order valence-electron chi connectivity index (χ4n) is 3.91. The normalized spacial score (nSPS) is 11.6. The van der Waals surface area contributed by atoms with Gasteiger partial charge in [0.25, 0.3) is 5.91 Å². The van der Waals surface area contributed by atoms with Crippen LogP contribution in [0.3, 0.4) is 0 Å². The summed E-state index contributed by atoms with van der Waals surface area (Å²) in [6.45, 7) is 0.299. The maximum Gasteiger partial charge on any atom is 0.348 e. The molecule has 4 rings (SSSR count). The minimum absolute atomic E-state index is 0.299. The molecular formula is C26H25ClN6O4S. The highest BCUT2D eigenvalue weighted by Gasteiger charge is 2.29. The van der Waals surface area contributed by atoms with E-state index in [0.717, 1.165) is 28.2 Å². The lowest BCUT2D eigenvalue weighted by atomic mass is 10.0. The molecule has 2 aromatic carbocycles. The minimum Gasteiger partial charge on any atom is -0.465 e. The summed E-state index contributed by atoms with van der Waals surface area (Å²) in [6.07, 6.45) is 2.26. The third-order valence-electron chi connectivity index (χ3n) is 5.90. The van der Waals surface area contributed by atoms with Gasteiger partial charge in [-0.2, -0.15) is 0 Å². The molecule has 0 aliphatic rings. The van der Waals surface area contributed by atoms with Gasteiger partial charge in [0.1, 0.15) is 17.2 Å². The molecule has 12 heteroatoms. The monoisotopic (exact) mass is 552 g/mol. The maximum absolute atomic E-state index is 13.4. The number of ether oxygens (including phenoxy) is 1. The Bertz CT molecular complexity index is 1410. The summed E-state index contributed by atoms with van der Waals surface area (Å²) in [6, 6.07) is 17.1. The molecule has 1 N–H and O–H groups in total. The number of hydrogen-bond acceptors (Lipinski definition) is 8. The smallest absolute Gasteiger partial charge is 0.348 e. The van der Waals surface area contributed by atoms with Crippen molar-refractivity contribution >= 4 is 40.7 Å². The van der Waals surface area contributed by atoms with Gasteiger partial charge in [-0.25, -0.2) is 9.48 Å². The Morgan fingerprint density at radius 3 is 2.58 bits per heavy atom. The third-order valence-corrected chi connectivity index (χ3v) is 7.19. The third kappa shape index (κ3) is 6.42. The first-order valence-electron chi connectivity index (χ1n) is 11.7. The molecule has 0 spiro atoms. The van der Waals surface area contributed by atoms with Crippen LogP contribution in [0.25, 0.3) is 5.69 Å². The molecule has 10 nitrogen and oxygen atoms in total. The SMILES string of the molecule is COC(=O)c1ccc(C(=O)N(C)[C@@H](Cc2ccccc2)C(=O)NCCc2cc(Cl)ccc2-n2cnnn2)s1. The zero-order chi connectivity index (χ0) is 27.1. The van der Waals surface area contributed by atoms with E-state index >= 15 is 0 Å². The van der Waals surface area contributed by atoms with Crippen LogP contribution in [0.5, 0.6) is 0 Å². The highest BCUT2D eigenvalue weighted by Crippen LogP contribution is 2.22. The first kappa shape index (κ1) is 27.0. The van der Waals surface area contributed by atoms with Gasteiger partial charge in [0.2, 0.25) is 5.91 Å². The number of tetrazole rings is 1. The molecular weight excluding hydrogens is 528 g/mol. The molecule has 1 atom stereocenters. The zero-order valence-corrected chi connectivity index (χ0v) is 22.3. The number of nitrogens with one attached hydrogen (secondary N) is 1.